The first kappa shape index (κ1) is 24.4. The molecule has 186 valence electrons. The quantitative estimate of drug-likeness (QED) is 0.472. The fourth-order valence-corrected chi connectivity index (χ4v) is 5.97. The van der Waals surface area contributed by atoms with Gasteiger partial charge in [0, 0.05) is 47.8 Å². The molecule has 1 N–H and O–H groups in total. The Bertz CT molecular complexity index is 1130. The SMILES string of the molecule is CCN1CCC[C@H]1CNC(=O)C1CCN(Cc2cc3ccccc3n2Cc2ccc(Cl)cc2)CC1. The van der Waals surface area contributed by atoms with E-state index in [-0.39, 0.29) is 11.8 Å². The molecule has 0 radical (unpaired) electrons. The molecule has 0 unspecified atom stereocenters. The minimum atomic E-state index is 0.141. The number of amides is 1. The molecule has 0 aliphatic carbocycles. The van der Waals surface area contributed by atoms with Crippen molar-refractivity contribution in [2.75, 3.05) is 32.7 Å². The smallest absolute Gasteiger partial charge is 0.223 e. The number of likely N-dealkylation sites (tertiary alicyclic amines) is 2. The summed E-state index contributed by atoms with van der Waals surface area (Å²) in [6.07, 6.45) is 4.33. The summed E-state index contributed by atoms with van der Waals surface area (Å²) in [5.41, 5.74) is 3.83. The number of benzene rings is 2. The number of para-hydroxylation sites is 1. The number of piperidine rings is 1. The molecule has 2 saturated heterocycles. The highest BCUT2D eigenvalue weighted by Gasteiger charge is 2.28. The lowest BCUT2D eigenvalue weighted by atomic mass is 9.95. The summed E-state index contributed by atoms with van der Waals surface area (Å²) in [5, 5.41) is 5.31. The Balaban J connectivity index is 1.20. The molecule has 2 aliphatic rings. The second-order valence-corrected chi connectivity index (χ2v) is 10.6. The number of nitrogens with zero attached hydrogens (tertiary/aromatic N) is 3. The van der Waals surface area contributed by atoms with E-state index in [0.29, 0.717) is 6.04 Å². The predicted octanol–water partition coefficient (Wildman–Crippen LogP) is 5.16. The highest BCUT2D eigenvalue weighted by atomic mass is 35.5. The average molecular weight is 493 g/mol. The summed E-state index contributed by atoms with van der Waals surface area (Å²) in [6, 6.07) is 19.6. The lowest BCUT2D eigenvalue weighted by Gasteiger charge is -2.32. The standard InChI is InChI=1S/C29H37ClN4O/c1-2-33-15-5-7-26(33)19-31-29(35)23-13-16-32(17-14-23)21-27-18-24-6-3-4-8-28(24)34(27)20-22-9-11-25(30)12-10-22/h3-4,6,8-12,18,23,26H,2,5,7,13-17,19-21H2,1H3,(H,31,35)/t26-/m0/s1. The first-order valence-electron chi connectivity index (χ1n) is 13.2. The first-order valence-corrected chi connectivity index (χ1v) is 13.5. The normalized spacial score (nSPS) is 20.0. The third kappa shape index (κ3) is 5.74. The van der Waals surface area contributed by atoms with Crippen LogP contribution >= 0.6 is 11.6 Å². The Hall–Kier alpha value is -2.34. The van der Waals surface area contributed by atoms with E-state index in [1.54, 1.807) is 0 Å². The van der Waals surface area contributed by atoms with Crippen LogP contribution in [0.2, 0.25) is 5.02 Å². The average Bonchev–Trinajstić information content (AvgIpc) is 3.48. The van der Waals surface area contributed by atoms with E-state index in [1.165, 1.54) is 41.5 Å². The van der Waals surface area contributed by atoms with Crippen molar-refractivity contribution in [2.45, 2.75) is 51.7 Å². The Kier molecular flexibility index (Phi) is 7.76. The highest BCUT2D eigenvalue weighted by molar-refractivity contribution is 6.30. The number of likely N-dealkylation sites (N-methyl/N-ethyl adjacent to an activating group) is 1. The van der Waals surface area contributed by atoms with Gasteiger partial charge in [-0.1, -0.05) is 48.9 Å². The van der Waals surface area contributed by atoms with Crippen LogP contribution in [0.5, 0.6) is 0 Å². The number of aromatic nitrogens is 1. The van der Waals surface area contributed by atoms with Crippen LogP contribution in [0.4, 0.5) is 0 Å². The minimum Gasteiger partial charge on any atom is -0.354 e. The van der Waals surface area contributed by atoms with Crippen LogP contribution in [-0.2, 0) is 17.9 Å². The van der Waals surface area contributed by atoms with Crippen molar-refractivity contribution in [1.29, 1.82) is 0 Å². The number of hydrogen-bond donors (Lipinski definition) is 1. The van der Waals surface area contributed by atoms with Crippen molar-refractivity contribution >= 4 is 28.4 Å². The van der Waals surface area contributed by atoms with Crippen LogP contribution in [0.3, 0.4) is 0 Å². The number of rotatable bonds is 8. The van der Waals surface area contributed by atoms with Gasteiger partial charge in [-0.25, -0.2) is 0 Å². The van der Waals surface area contributed by atoms with Gasteiger partial charge in [0.2, 0.25) is 5.91 Å². The molecule has 1 amide bonds. The Labute approximate surface area is 214 Å². The van der Waals surface area contributed by atoms with E-state index in [1.807, 2.05) is 12.1 Å². The van der Waals surface area contributed by atoms with E-state index in [4.69, 9.17) is 11.6 Å². The van der Waals surface area contributed by atoms with Gasteiger partial charge in [-0.15, -0.1) is 0 Å². The number of nitrogens with one attached hydrogen (secondary N) is 1. The number of fused-ring (bicyclic) bond motifs is 1. The summed E-state index contributed by atoms with van der Waals surface area (Å²) in [7, 11) is 0. The predicted molar refractivity (Wildman–Crippen MR) is 144 cm³/mol. The van der Waals surface area contributed by atoms with E-state index >= 15 is 0 Å². The first-order chi connectivity index (χ1) is 17.1. The molecule has 1 atom stereocenters. The van der Waals surface area contributed by atoms with Crippen LogP contribution in [0.25, 0.3) is 10.9 Å². The van der Waals surface area contributed by atoms with Gasteiger partial charge in [0.1, 0.15) is 0 Å². The van der Waals surface area contributed by atoms with Crippen molar-refractivity contribution in [3.05, 3.63) is 70.9 Å². The lowest BCUT2D eigenvalue weighted by Crippen LogP contribution is -2.44. The van der Waals surface area contributed by atoms with Crippen molar-refractivity contribution in [2.24, 2.45) is 5.92 Å². The van der Waals surface area contributed by atoms with Gasteiger partial charge >= 0.3 is 0 Å². The number of hydrogen-bond acceptors (Lipinski definition) is 3. The molecule has 1 aromatic heterocycles. The van der Waals surface area contributed by atoms with Gasteiger partial charge in [0.25, 0.3) is 0 Å². The number of carbonyl (C=O) groups excluding carboxylic acids is 1. The third-order valence-corrected chi connectivity index (χ3v) is 8.16. The fraction of sp³-hybridized carbons (Fsp3) is 0.483. The van der Waals surface area contributed by atoms with E-state index in [2.05, 4.69) is 69.1 Å². The lowest BCUT2D eigenvalue weighted by molar-refractivity contribution is -0.126. The minimum absolute atomic E-state index is 0.141. The van der Waals surface area contributed by atoms with Crippen LogP contribution in [0.1, 0.15) is 43.9 Å². The molecule has 5 nitrogen and oxygen atoms in total. The molecule has 6 heteroatoms. The maximum absolute atomic E-state index is 12.9. The second-order valence-electron chi connectivity index (χ2n) is 10.1. The zero-order chi connectivity index (χ0) is 24.2. The Morgan fingerprint density at radius 1 is 1.00 bits per heavy atom. The molecular formula is C29H37ClN4O. The van der Waals surface area contributed by atoms with E-state index in [9.17, 15) is 4.79 Å². The summed E-state index contributed by atoms with van der Waals surface area (Å²) < 4.78 is 2.43. The molecule has 3 heterocycles. The molecule has 5 rings (SSSR count). The summed E-state index contributed by atoms with van der Waals surface area (Å²) in [6.45, 7) is 8.93. The topological polar surface area (TPSA) is 40.5 Å². The van der Waals surface area contributed by atoms with Crippen LogP contribution < -0.4 is 5.32 Å². The molecule has 2 aliphatic heterocycles. The van der Waals surface area contributed by atoms with E-state index < -0.39 is 0 Å². The fourth-order valence-electron chi connectivity index (χ4n) is 5.85. The zero-order valence-electron chi connectivity index (χ0n) is 20.8. The van der Waals surface area contributed by atoms with E-state index in [0.717, 1.165) is 57.1 Å². The maximum Gasteiger partial charge on any atom is 0.223 e. The molecule has 3 aromatic rings. The van der Waals surface area contributed by atoms with Gasteiger partial charge in [-0.3, -0.25) is 14.6 Å². The van der Waals surface area contributed by atoms with Crippen LogP contribution in [-0.4, -0.2) is 59.0 Å². The molecule has 0 spiro atoms. The maximum atomic E-state index is 12.9. The Morgan fingerprint density at radius 2 is 1.77 bits per heavy atom. The molecule has 2 aromatic carbocycles. The second kappa shape index (κ2) is 11.2. The molecular weight excluding hydrogens is 456 g/mol. The van der Waals surface area contributed by atoms with Crippen molar-refractivity contribution in [3.8, 4) is 0 Å². The molecule has 2 fully saturated rings. The van der Waals surface area contributed by atoms with Crippen molar-refractivity contribution in [1.82, 2.24) is 19.7 Å². The van der Waals surface area contributed by atoms with Gasteiger partial charge in [0.05, 0.1) is 0 Å². The van der Waals surface area contributed by atoms with Crippen molar-refractivity contribution < 1.29 is 4.79 Å². The molecule has 0 saturated carbocycles. The molecule has 0 bridgehead atoms. The van der Waals surface area contributed by atoms with Gasteiger partial charge < -0.3 is 9.88 Å². The summed E-state index contributed by atoms with van der Waals surface area (Å²) >= 11 is 6.10. The Morgan fingerprint density at radius 3 is 2.54 bits per heavy atom. The largest absolute Gasteiger partial charge is 0.354 e. The van der Waals surface area contributed by atoms with Crippen molar-refractivity contribution in [3.63, 3.8) is 0 Å². The van der Waals surface area contributed by atoms with Crippen LogP contribution in [0.15, 0.2) is 54.6 Å². The van der Waals surface area contributed by atoms with Gasteiger partial charge in [-0.05, 0) is 87.1 Å². The zero-order valence-corrected chi connectivity index (χ0v) is 21.5. The number of halogens is 1. The monoisotopic (exact) mass is 492 g/mol. The van der Waals surface area contributed by atoms with Crippen LogP contribution in [0, 0.1) is 5.92 Å². The number of carbonyl (C=O) groups is 1. The van der Waals surface area contributed by atoms with Gasteiger partial charge in [0.15, 0.2) is 0 Å². The summed E-state index contributed by atoms with van der Waals surface area (Å²) in [5.74, 6) is 0.395. The van der Waals surface area contributed by atoms with Gasteiger partial charge in [-0.2, -0.15) is 0 Å². The molecule has 35 heavy (non-hydrogen) atoms. The third-order valence-electron chi connectivity index (χ3n) is 7.91. The summed E-state index contributed by atoms with van der Waals surface area (Å²) in [4.78, 5) is 17.8. The highest BCUT2D eigenvalue weighted by Crippen LogP contribution is 2.25.